The highest BCUT2D eigenvalue weighted by Gasteiger charge is 2.46. The van der Waals surface area contributed by atoms with Crippen LogP contribution in [0.2, 0.25) is 0 Å². The first-order valence-corrected chi connectivity index (χ1v) is 13.7. The van der Waals surface area contributed by atoms with Gasteiger partial charge in [-0.2, -0.15) is 0 Å². The zero-order chi connectivity index (χ0) is 30.6. The lowest BCUT2D eigenvalue weighted by molar-refractivity contribution is -0.254. The van der Waals surface area contributed by atoms with Crippen LogP contribution in [-0.2, 0) is 27.4 Å². The maximum atomic E-state index is 13.2. The van der Waals surface area contributed by atoms with Crippen LogP contribution in [0.3, 0.4) is 0 Å². The van der Waals surface area contributed by atoms with E-state index in [-0.39, 0.29) is 26.1 Å². The summed E-state index contributed by atoms with van der Waals surface area (Å²) in [6, 6.07) is 15.8. The van der Waals surface area contributed by atoms with Crippen LogP contribution in [0, 0.1) is 0 Å². The molecular weight excluding hydrogens is 560 g/mol. The smallest absolute Gasteiger partial charge is 0.410 e. The Morgan fingerprint density at radius 2 is 1.47 bits per heavy atom. The van der Waals surface area contributed by atoms with Crippen molar-refractivity contribution in [1.29, 1.82) is 0 Å². The Hall–Kier alpha value is -4.52. The number of aliphatic hydroxyl groups excluding tert-OH is 2. The third-order valence-corrected chi connectivity index (χ3v) is 7.36. The number of aliphatic hydroxyl groups is 2. The van der Waals surface area contributed by atoms with Gasteiger partial charge in [-0.3, -0.25) is 0 Å². The molecule has 0 spiro atoms. The predicted octanol–water partition coefficient (Wildman–Crippen LogP) is 4.88. The molecule has 2 N–H and O–H groups in total. The second-order valence-corrected chi connectivity index (χ2v) is 10.2. The second kappa shape index (κ2) is 15.6. The van der Waals surface area contributed by atoms with Crippen LogP contribution >= 0.6 is 0 Å². The minimum Gasteiger partial charge on any atom is -0.445 e. The minimum atomic E-state index is -1.60. The van der Waals surface area contributed by atoms with Crippen molar-refractivity contribution < 1.29 is 29.2 Å². The molecule has 8 unspecified atom stereocenters. The van der Waals surface area contributed by atoms with Gasteiger partial charge < -0.3 is 29.3 Å². The maximum Gasteiger partial charge on any atom is 0.410 e. The van der Waals surface area contributed by atoms with E-state index in [0.29, 0.717) is 12.8 Å². The van der Waals surface area contributed by atoms with Gasteiger partial charge in [-0.15, -0.1) is 0 Å². The fourth-order valence-corrected chi connectivity index (χ4v) is 5.20. The normalized spacial score (nSPS) is 28.3. The van der Waals surface area contributed by atoms with Crippen LogP contribution in [0.5, 0.6) is 0 Å². The zero-order valence-electron chi connectivity index (χ0n) is 23.1. The SMILES string of the molecule is [N-]=[N+]=NC1CCC(CN(Cc2ccccc2)C(=O)OCc2ccccc2)OC1OC1C(N=[N+]=[N-])CC(N=[N+]=[N-])C(O)C1O. The lowest BCUT2D eigenvalue weighted by Gasteiger charge is -2.43. The molecule has 1 amide bonds. The van der Waals surface area contributed by atoms with E-state index >= 15 is 0 Å². The quantitative estimate of drug-likeness (QED) is 0.209. The number of hydrogen-bond acceptors (Lipinski definition) is 9. The molecule has 226 valence electrons. The van der Waals surface area contributed by atoms with Gasteiger partial charge in [-0.05, 0) is 47.0 Å². The average molecular weight is 593 g/mol. The summed E-state index contributed by atoms with van der Waals surface area (Å²) in [7, 11) is 0. The summed E-state index contributed by atoms with van der Waals surface area (Å²) in [5, 5.41) is 32.3. The van der Waals surface area contributed by atoms with Gasteiger partial charge in [0.25, 0.3) is 0 Å². The molecule has 0 bridgehead atoms. The molecule has 1 saturated heterocycles. The lowest BCUT2D eigenvalue weighted by Crippen LogP contribution is -2.58. The van der Waals surface area contributed by atoms with Gasteiger partial charge in [0.1, 0.15) is 12.7 Å². The monoisotopic (exact) mass is 592 g/mol. The second-order valence-electron chi connectivity index (χ2n) is 10.2. The number of benzene rings is 2. The molecule has 43 heavy (non-hydrogen) atoms. The van der Waals surface area contributed by atoms with Crippen LogP contribution in [0.25, 0.3) is 31.3 Å². The average Bonchev–Trinajstić information content (AvgIpc) is 3.02. The third-order valence-electron chi connectivity index (χ3n) is 7.36. The number of azide groups is 3. The van der Waals surface area contributed by atoms with Crippen LogP contribution in [-0.4, -0.2) is 76.6 Å². The summed E-state index contributed by atoms with van der Waals surface area (Å²) in [4.78, 5) is 23.1. The van der Waals surface area contributed by atoms with Gasteiger partial charge in [-0.1, -0.05) is 76.0 Å². The van der Waals surface area contributed by atoms with Crippen LogP contribution in [0.15, 0.2) is 76.0 Å². The number of rotatable bonds is 11. The standard InChI is InChI=1S/C27H32N10O6/c28-34-31-20-12-11-19(42-26(20)43-25-22(33-36-30)13-21(32-35-29)23(38)24(25)39)15-37(14-17-7-3-1-4-8-17)27(40)41-16-18-9-5-2-6-10-18/h1-10,19-26,38-39H,11-16H2. The van der Waals surface area contributed by atoms with Crippen molar-refractivity contribution in [2.75, 3.05) is 6.54 Å². The number of amides is 1. The highest BCUT2D eigenvalue weighted by atomic mass is 16.7. The van der Waals surface area contributed by atoms with E-state index in [1.807, 2.05) is 60.7 Å². The molecule has 2 aromatic carbocycles. The molecule has 4 rings (SSSR count). The maximum absolute atomic E-state index is 13.2. The molecule has 0 aromatic heterocycles. The molecule has 1 heterocycles. The molecule has 0 radical (unpaired) electrons. The van der Waals surface area contributed by atoms with Crippen molar-refractivity contribution in [3.63, 3.8) is 0 Å². The van der Waals surface area contributed by atoms with E-state index in [1.165, 1.54) is 4.90 Å². The molecule has 1 aliphatic carbocycles. The first kappa shape index (κ1) is 31.4. The summed E-state index contributed by atoms with van der Waals surface area (Å²) in [6.07, 6.45) is -6.03. The summed E-state index contributed by atoms with van der Waals surface area (Å²) in [5.74, 6) is 0. The molecular formula is C27H32N10O6. The summed E-state index contributed by atoms with van der Waals surface area (Å²) in [5.41, 5.74) is 28.7. The van der Waals surface area contributed by atoms with Crippen molar-refractivity contribution in [1.82, 2.24) is 4.90 Å². The Kier molecular flexibility index (Phi) is 11.4. The lowest BCUT2D eigenvalue weighted by atomic mass is 9.84. The van der Waals surface area contributed by atoms with Crippen molar-refractivity contribution in [2.45, 2.75) is 81.2 Å². The molecule has 1 saturated carbocycles. The first-order valence-electron chi connectivity index (χ1n) is 13.7. The van der Waals surface area contributed by atoms with Gasteiger partial charge in [0.05, 0.1) is 43.0 Å². The number of carbonyl (C=O) groups excluding carboxylic acids is 1. The highest BCUT2D eigenvalue weighted by molar-refractivity contribution is 5.67. The van der Waals surface area contributed by atoms with E-state index < -0.39 is 54.9 Å². The minimum absolute atomic E-state index is 0.0840. The van der Waals surface area contributed by atoms with E-state index in [4.69, 9.17) is 30.8 Å². The van der Waals surface area contributed by atoms with Crippen LogP contribution in [0.4, 0.5) is 4.79 Å². The Labute approximate surface area is 246 Å². The number of nitrogens with zero attached hydrogens (tertiary/aromatic N) is 10. The molecule has 2 fully saturated rings. The van der Waals surface area contributed by atoms with Crippen molar-refractivity contribution in [3.05, 3.63) is 103 Å². The highest BCUT2D eigenvalue weighted by Crippen LogP contribution is 2.32. The van der Waals surface area contributed by atoms with Crippen molar-refractivity contribution in [3.8, 4) is 0 Å². The predicted molar refractivity (Wildman–Crippen MR) is 152 cm³/mol. The van der Waals surface area contributed by atoms with Gasteiger partial charge in [0.15, 0.2) is 6.29 Å². The van der Waals surface area contributed by atoms with Gasteiger partial charge in [-0.25, -0.2) is 4.79 Å². The van der Waals surface area contributed by atoms with Crippen LogP contribution in [0.1, 0.15) is 30.4 Å². The number of carbonyl (C=O) groups is 1. The first-order chi connectivity index (χ1) is 20.9. The zero-order valence-corrected chi connectivity index (χ0v) is 23.1. The molecule has 1 aliphatic heterocycles. The molecule has 8 atom stereocenters. The van der Waals surface area contributed by atoms with Crippen molar-refractivity contribution >= 4 is 6.09 Å². The Bertz CT molecular complexity index is 1350. The van der Waals surface area contributed by atoms with E-state index in [9.17, 15) is 15.0 Å². The van der Waals surface area contributed by atoms with Crippen LogP contribution < -0.4 is 0 Å². The van der Waals surface area contributed by atoms with Gasteiger partial charge in [0, 0.05) is 21.3 Å². The molecule has 2 aromatic rings. The fourth-order valence-electron chi connectivity index (χ4n) is 5.20. The molecule has 16 heteroatoms. The topological polar surface area (TPSA) is 235 Å². The van der Waals surface area contributed by atoms with Crippen molar-refractivity contribution in [2.24, 2.45) is 15.3 Å². The fraction of sp³-hybridized carbons (Fsp3) is 0.519. The largest absolute Gasteiger partial charge is 0.445 e. The molecule has 2 aliphatic rings. The van der Waals surface area contributed by atoms with E-state index in [2.05, 4.69) is 30.1 Å². The summed E-state index contributed by atoms with van der Waals surface area (Å²) < 4.78 is 17.8. The van der Waals surface area contributed by atoms with Gasteiger partial charge in [0.2, 0.25) is 0 Å². The Morgan fingerprint density at radius 1 is 0.860 bits per heavy atom. The number of hydrogen-bond donors (Lipinski definition) is 2. The molecule has 16 nitrogen and oxygen atoms in total. The Balaban J connectivity index is 1.50. The summed E-state index contributed by atoms with van der Waals surface area (Å²) >= 11 is 0. The summed E-state index contributed by atoms with van der Waals surface area (Å²) in [6.45, 7) is 0.438. The van der Waals surface area contributed by atoms with E-state index in [1.54, 1.807) is 0 Å². The van der Waals surface area contributed by atoms with Gasteiger partial charge >= 0.3 is 6.09 Å². The van der Waals surface area contributed by atoms with E-state index in [0.717, 1.165) is 11.1 Å². The number of ether oxygens (including phenoxy) is 3. The Morgan fingerprint density at radius 3 is 2.12 bits per heavy atom. The third kappa shape index (κ3) is 8.51.